The Bertz CT molecular complexity index is 1430. The van der Waals surface area contributed by atoms with E-state index in [9.17, 15) is 18.5 Å². The fourth-order valence-electron chi connectivity index (χ4n) is 3.11. The lowest BCUT2D eigenvalue weighted by Crippen LogP contribution is -2.13. The number of amides is 1. The molecule has 0 saturated heterocycles. The van der Waals surface area contributed by atoms with Gasteiger partial charge in [-0.2, -0.15) is 13.7 Å². The third-order valence-corrected chi connectivity index (χ3v) is 6.82. The Morgan fingerprint density at radius 2 is 1.80 bits per heavy atom. The fourth-order valence-corrected chi connectivity index (χ4v) is 4.96. The number of ether oxygens (including phenoxy) is 1. The molecule has 0 aromatic heterocycles. The van der Waals surface area contributed by atoms with Crippen LogP contribution in [0.15, 0.2) is 71.1 Å². The molecule has 35 heavy (non-hydrogen) atoms. The number of nitrogens with zero attached hydrogens (tertiary/aromatic N) is 1. The largest absolute Gasteiger partial charge is 0.490 e. The summed E-state index contributed by atoms with van der Waals surface area (Å²) in [5.74, 6) is -0.348. The van der Waals surface area contributed by atoms with Gasteiger partial charge in [0.05, 0.1) is 10.2 Å². The second-order valence-electron chi connectivity index (χ2n) is 7.61. The number of hydrogen-bond acceptors (Lipinski definition) is 6. The topological polar surface area (TPSA) is 105 Å². The van der Waals surface area contributed by atoms with Crippen molar-refractivity contribution in [2.45, 2.75) is 25.7 Å². The monoisotopic (exact) mass is 602 g/mol. The van der Waals surface area contributed by atoms with E-state index in [2.05, 4.69) is 5.32 Å². The highest BCUT2D eigenvalue weighted by Gasteiger charge is 2.22. The van der Waals surface area contributed by atoms with Gasteiger partial charge >= 0.3 is 10.1 Å². The lowest BCUT2D eigenvalue weighted by molar-refractivity contribution is -0.112. The average molecular weight is 602 g/mol. The smallest absolute Gasteiger partial charge is 0.339 e. The molecule has 0 heterocycles. The quantitative estimate of drug-likeness (QED) is 0.155. The fraction of sp³-hybridized carbons (Fsp3) is 0.154. The summed E-state index contributed by atoms with van der Waals surface area (Å²) >= 11 is 1.93. The van der Waals surface area contributed by atoms with E-state index < -0.39 is 16.0 Å². The molecule has 7 nitrogen and oxygen atoms in total. The first-order valence-electron chi connectivity index (χ1n) is 10.6. The first kappa shape index (κ1) is 26.2. The minimum atomic E-state index is -4.10. The van der Waals surface area contributed by atoms with Crippen LogP contribution in [0.2, 0.25) is 0 Å². The highest BCUT2D eigenvalue weighted by molar-refractivity contribution is 14.1. The first-order valence-corrected chi connectivity index (χ1v) is 13.1. The van der Waals surface area contributed by atoms with E-state index >= 15 is 0 Å². The van der Waals surface area contributed by atoms with Crippen LogP contribution in [0.25, 0.3) is 6.08 Å². The minimum Gasteiger partial charge on any atom is -0.490 e. The SMILES string of the molecule is CCOc1cc(/C=C(\C#N)C(=O)Nc2cccc(C)c2)cc(I)c1OS(=O)(=O)c1ccc(C)cc1. The molecule has 180 valence electrons. The van der Waals surface area contributed by atoms with E-state index in [-0.39, 0.29) is 28.6 Å². The number of anilines is 1. The maximum Gasteiger partial charge on any atom is 0.339 e. The lowest BCUT2D eigenvalue weighted by atomic mass is 10.1. The van der Waals surface area contributed by atoms with Crippen molar-refractivity contribution in [1.29, 1.82) is 5.26 Å². The minimum absolute atomic E-state index is 0.0184. The number of nitrogens with one attached hydrogen (secondary N) is 1. The van der Waals surface area contributed by atoms with Crippen molar-refractivity contribution in [3.05, 3.63) is 86.5 Å². The molecular weight excluding hydrogens is 579 g/mol. The highest BCUT2D eigenvalue weighted by atomic mass is 127. The van der Waals surface area contributed by atoms with E-state index in [0.717, 1.165) is 11.1 Å². The molecule has 0 aliphatic heterocycles. The third kappa shape index (κ3) is 6.83. The molecule has 0 radical (unpaired) electrons. The van der Waals surface area contributed by atoms with Gasteiger partial charge in [0, 0.05) is 5.69 Å². The van der Waals surface area contributed by atoms with Crippen LogP contribution < -0.4 is 14.2 Å². The lowest BCUT2D eigenvalue weighted by Gasteiger charge is -2.15. The first-order chi connectivity index (χ1) is 16.6. The number of rotatable bonds is 8. The van der Waals surface area contributed by atoms with Gasteiger partial charge < -0.3 is 14.2 Å². The Balaban J connectivity index is 1.94. The average Bonchev–Trinajstić information content (AvgIpc) is 2.80. The van der Waals surface area contributed by atoms with Crippen molar-refractivity contribution in [3.8, 4) is 17.6 Å². The van der Waals surface area contributed by atoms with Gasteiger partial charge in [0.25, 0.3) is 5.91 Å². The molecule has 3 aromatic rings. The molecule has 9 heteroatoms. The molecule has 0 spiro atoms. The standard InChI is InChI=1S/C26H23IN2O5S/c1-4-33-24-15-19(13-20(16-28)26(30)29-21-7-5-6-18(3)12-21)14-23(27)25(24)34-35(31,32)22-10-8-17(2)9-11-22/h5-15H,4H2,1-3H3,(H,29,30)/b20-13+. The summed E-state index contributed by atoms with van der Waals surface area (Å²) in [6, 6.07) is 18.6. The van der Waals surface area contributed by atoms with E-state index in [1.165, 1.54) is 24.3 Å². The summed E-state index contributed by atoms with van der Waals surface area (Å²) in [4.78, 5) is 12.7. The molecule has 3 rings (SSSR count). The number of aryl methyl sites for hydroxylation is 2. The van der Waals surface area contributed by atoms with Gasteiger partial charge in [0.1, 0.15) is 16.5 Å². The number of carbonyl (C=O) groups excluding carboxylic acids is 1. The molecular formula is C26H23IN2O5S. The van der Waals surface area contributed by atoms with Crippen LogP contribution in [-0.2, 0) is 14.9 Å². The van der Waals surface area contributed by atoms with Crippen LogP contribution in [0.5, 0.6) is 11.5 Å². The normalized spacial score (nSPS) is 11.5. The van der Waals surface area contributed by atoms with Gasteiger partial charge in [-0.05, 0) is 97.0 Å². The molecule has 1 N–H and O–H groups in total. The van der Waals surface area contributed by atoms with Gasteiger partial charge in [0.15, 0.2) is 11.5 Å². The maximum atomic E-state index is 12.8. The number of benzene rings is 3. The predicted molar refractivity (Wildman–Crippen MR) is 143 cm³/mol. The Labute approximate surface area is 218 Å². The summed E-state index contributed by atoms with van der Waals surface area (Å²) in [5, 5.41) is 12.3. The molecule has 0 saturated carbocycles. The van der Waals surface area contributed by atoms with Crippen LogP contribution in [0.3, 0.4) is 0 Å². The van der Waals surface area contributed by atoms with Crippen molar-refractivity contribution in [1.82, 2.24) is 0 Å². The number of hydrogen-bond donors (Lipinski definition) is 1. The predicted octanol–water partition coefficient (Wildman–Crippen LogP) is 5.62. The van der Waals surface area contributed by atoms with E-state index in [0.29, 0.717) is 14.8 Å². The molecule has 0 aliphatic rings. The summed E-state index contributed by atoms with van der Waals surface area (Å²) in [6.45, 7) is 5.76. The molecule has 0 atom stereocenters. The number of nitriles is 1. The summed E-state index contributed by atoms with van der Waals surface area (Å²) in [6.07, 6.45) is 1.41. The molecule has 3 aromatic carbocycles. The van der Waals surface area contributed by atoms with Crippen molar-refractivity contribution < 1.29 is 22.1 Å². The molecule has 0 bridgehead atoms. The zero-order valence-corrected chi connectivity index (χ0v) is 22.3. The van der Waals surface area contributed by atoms with Gasteiger partial charge in [-0.15, -0.1) is 0 Å². The van der Waals surface area contributed by atoms with Crippen LogP contribution in [0.4, 0.5) is 5.69 Å². The molecule has 1 amide bonds. The van der Waals surface area contributed by atoms with Crippen LogP contribution in [0, 0.1) is 28.7 Å². The maximum absolute atomic E-state index is 12.8. The number of carbonyl (C=O) groups is 1. The summed E-state index contributed by atoms with van der Waals surface area (Å²) in [7, 11) is -4.10. The van der Waals surface area contributed by atoms with Crippen molar-refractivity contribution in [3.63, 3.8) is 0 Å². The van der Waals surface area contributed by atoms with E-state index in [1.54, 1.807) is 43.3 Å². The zero-order valence-electron chi connectivity index (χ0n) is 19.3. The Kier molecular flexibility index (Phi) is 8.53. The van der Waals surface area contributed by atoms with E-state index in [1.807, 2.05) is 48.6 Å². The second-order valence-corrected chi connectivity index (χ2v) is 10.3. The third-order valence-electron chi connectivity index (χ3n) is 4.79. The molecule has 0 fully saturated rings. The van der Waals surface area contributed by atoms with Crippen LogP contribution in [-0.4, -0.2) is 20.9 Å². The van der Waals surface area contributed by atoms with Gasteiger partial charge in [-0.3, -0.25) is 4.79 Å². The van der Waals surface area contributed by atoms with Crippen molar-refractivity contribution >= 4 is 50.4 Å². The Hall–Kier alpha value is -3.36. The van der Waals surface area contributed by atoms with Crippen LogP contribution >= 0.6 is 22.6 Å². The summed E-state index contributed by atoms with van der Waals surface area (Å²) in [5.41, 5.74) is 2.83. The highest BCUT2D eigenvalue weighted by Crippen LogP contribution is 2.37. The summed E-state index contributed by atoms with van der Waals surface area (Å²) < 4.78 is 37.2. The van der Waals surface area contributed by atoms with Gasteiger partial charge in [-0.1, -0.05) is 29.8 Å². The van der Waals surface area contributed by atoms with Gasteiger partial charge in [-0.25, -0.2) is 0 Å². The Morgan fingerprint density at radius 3 is 2.43 bits per heavy atom. The van der Waals surface area contributed by atoms with E-state index in [4.69, 9.17) is 8.92 Å². The molecule has 0 aliphatic carbocycles. The second kappa shape index (κ2) is 11.4. The van der Waals surface area contributed by atoms with Crippen LogP contribution in [0.1, 0.15) is 23.6 Å². The number of halogens is 1. The zero-order chi connectivity index (χ0) is 25.6. The van der Waals surface area contributed by atoms with Crippen molar-refractivity contribution in [2.75, 3.05) is 11.9 Å². The molecule has 0 unspecified atom stereocenters. The Morgan fingerprint density at radius 1 is 1.09 bits per heavy atom. The van der Waals surface area contributed by atoms with Gasteiger partial charge in [0.2, 0.25) is 0 Å². The van der Waals surface area contributed by atoms with Crippen molar-refractivity contribution in [2.24, 2.45) is 0 Å².